The van der Waals surface area contributed by atoms with Gasteiger partial charge in [0.1, 0.15) is 0 Å². The summed E-state index contributed by atoms with van der Waals surface area (Å²) in [4.78, 5) is 10.6. The highest BCUT2D eigenvalue weighted by molar-refractivity contribution is 9.10. The summed E-state index contributed by atoms with van der Waals surface area (Å²) in [5, 5.41) is 5.92. The molecule has 3 aromatic rings. The lowest BCUT2D eigenvalue weighted by atomic mass is 10.2. The average Bonchev–Trinajstić information content (AvgIpc) is 2.93. The fraction of sp³-hybridized carbons (Fsp3) is 0.312. The number of morpholine rings is 1. The molecule has 1 aliphatic rings. The van der Waals surface area contributed by atoms with Crippen LogP contribution in [0, 0.1) is 0 Å². The minimum atomic E-state index is 0.237. The van der Waals surface area contributed by atoms with Crippen LogP contribution >= 0.6 is 15.9 Å². The molecule has 1 aromatic carbocycles. The number of rotatable bonds is 3. The number of fused-ring (bicyclic) bond motifs is 1. The van der Waals surface area contributed by atoms with Gasteiger partial charge in [-0.3, -0.25) is 4.90 Å². The van der Waals surface area contributed by atoms with Gasteiger partial charge in [-0.2, -0.15) is 10.1 Å². The van der Waals surface area contributed by atoms with E-state index in [1.807, 2.05) is 22.9 Å². The molecule has 8 heteroatoms. The Morgan fingerprint density at radius 1 is 1.21 bits per heavy atom. The number of nitrogens with two attached hydrogens (primary N) is 1. The maximum absolute atomic E-state index is 5.73. The number of hydrogen-bond donors (Lipinski definition) is 1. The van der Waals surface area contributed by atoms with Gasteiger partial charge in [0.25, 0.3) is 0 Å². The molecule has 1 aliphatic heterocycles. The summed E-state index contributed by atoms with van der Waals surface area (Å²) in [7, 11) is 0. The summed E-state index contributed by atoms with van der Waals surface area (Å²) in [6.07, 6.45) is 1.64. The molecule has 0 saturated carbocycles. The summed E-state index contributed by atoms with van der Waals surface area (Å²) in [5.41, 5.74) is 7.75. The Morgan fingerprint density at radius 2 is 2.04 bits per heavy atom. The number of anilines is 1. The first-order valence-electron chi connectivity index (χ1n) is 7.77. The molecule has 0 atom stereocenters. The van der Waals surface area contributed by atoms with E-state index >= 15 is 0 Å². The van der Waals surface area contributed by atoms with Crippen LogP contribution in [0.5, 0.6) is 0 Å². The van der Waals surface area contributed by atoms with Crippen LogP contribution in [0.25, 0.3) is 16.7 Å². The van der Waals surface area contributed by atoms with Crippen LogP contribution in [-0.4, -0.2) is 51.0 Å². The van der Waals surface area contributed by atoms with Crippen LogP contribution in [0.15, 0.2) is 34.9 Å². The van der Waals surface area contributed by atoms with Gasteiger partial charge in [0.2, 0.25) is 5.95 Å². The molecule has 1 saturated heterocycles. The Morgan fingerprint density at radius 3 is 2.83 bits per heavy atom. The molecule has 3 heterocycles. The molecule has 0 bridgehead atoms. The van der Waals surface area contributed by atoms with Gasteiger partial charge in [-0.15, -0.1) is 0 Å². The molecule has 24 heavy (non-hydrogen) atoms. The number of aromatic nitrogens is 4. The van der Waals surface area contributed by atoms with Gasteiger partial charge in [-0.1, -0.05) is 15.9 Å². The Balaban J connectivity index is 1.80. The third-order valence-electron chi connectivity index (χ3n) is 4.07. The molecule has 0 amide bonds. The predicted octanol–water partition coefficient (Wildman–Crippen LogP) is 1.99. The number of hydrogen-bond acceptors (Lipinski definition) is 6. The molecule has 2 N–H and O–H groups in total. The van der Waals surface area contributed by atoms with Crippen LogP contribution in [0.2, 0.25) is 0 Å². The van der Waals surface area contributed by atoms with Crippen LogP contribution in [0.4, 0.5) is 5.95 Å². The van der Waals surface area contributed by atoms with E-state index in [2.05, 4.69) is 36.9 Å². The van der Waals surface area contributed by atoms with Gasteiger partial charge in [-0.25, -0.2) is 9.67 Å². The second kappa shape index (κ2) is 6.46. The Labute approximate surface area is 147 Å². The normalized spacial score (nSPS) is 15.9. The topological polar surface area (TPSA) is 82.1 Å². The maximum Gasteiger partial charge on any atom is 0.221 e. The summed E-state index contributed by atoms with van der Waals surface area (Å²) in [5.74, 6) is 0.903. The number of benzene rings is 1. The van der Waals surface area contributed by atoms with E-state index in [1.54, 1.807) is 6.20 Å². The Kier molecular flexibility index (Phi) is 4.17. The molecule has 7 nitrogen and oxygen atoms in total. The molecule has 0 spiro atoms. The van der Waals surface area contributed by atoms with E-state index in [0.29, 0.717) is 5.82 Å². The third kappa shape index (κ3) is 3.00. The van der Waals surface area contributed by atoms with Gasteiger partial charge in [0.05, 0.1) is 24.4 Å². The smallest absolute Gasteiger partial charge is 0.221 e. The van der Waals surface area contributed by atoms with Gasteiger partial charge in [0, 0.05) is 41.8 Å². The number of halogens is 1. The zero-order chi connectivity index (χ0) is 16.5. The minimum absolute atomic E-state index is 0.237. The van der Waals surface area contributed by atoms with E-state index in [1.165, 1.54) is 0 Å². The standard InChI is InChI=1S/C16H17BrN6O/c17-11-1-2-12-13(10-22-5-7-24-8-6-22)21-23(14(12)9-11)15-3-4-19-16(18)20-15/h1-4,9H,5-8,10H2,(H2,18,19,20). The van der Waals surface area contributed by atoms with E-state index in [9.17, 15) is 0 Å². The predicted molar refractivity (Wildman–Crippen MR) is 94.9 cm³/mol. The largest absolute Gasteiger partial charge is 0.379 e. The molecule has 2 aromatic heterocycles. The lowest BCUT2D eigenvalue weighted by Gasteiger charge is -2.25. The van der Waals surface area contributed by atoms with E-state index in [4.69, 9.17) is 15.6 Å². The van der Waals surface area contributed by atoms with Crippen molar-refractivity contribution in [2.75, 3.05) is 32.0 Å². The average molecular weight is 389 g/mol. The lowest BCUT2D eigenvalue weighted by molar-refractivity contribution is 0.0338. The van der Waals surface area contributed by atoms with Crippen molar-refractivity contribution in [1.82, 2.24) is 24.6 Å². The van der Waals surface area contributed by atoms with Crippen molar-refractivity contribution in [3.63, 3.8) is 0 Å². The SMILES string of the molecule is Nc1nccc(-n2nc(CN3CCOCC3)c3ccc(Br)cc32)n1. The Hall–Kier alpha value is -2.03. The lowest BCUT2D eigenvalue weighted by Crippen LogP contribution is -2.35. The van der Waals surface area contributed by atoms with E-state index < -0.39 is 0 Å². The Bertz CT molecular complexity index is 874. The first-order valence-corrected chi connectivity index (χ1v) is 8.56. The first-order chi connectivity index (χ1) is 11.7. The minimum Gasteiger partial charge on any atom is -0.379 e. The fourth-order valence-corrected chi connectivity index (χ4v) is 3.25. The molecule has 0 radical (unpaired) electrons. The highest BCUT2D eigenvalue weighted by atomic mass is 79.9. The van der Waals surface area contributed by atoms with Crippen molar-refractivity contribution in [2.45, 2.75) is 6.54 Å². The van der Waals surface area contributed by atoms with Crippen LogP contribution in [0.3, 0.4) is 0 Å². The van der Waals surface area contributed by atoms with Crippen LogP contribution < -0.4 is 5.73 Å². The molecule has 0 unspecified atom stereocenters. The van der Waals surface area contributed by atoms with E-state index in [-0.39, 0.29) is 5.95 Å². The molecule has 0 aliphatic carbocycles. The summed E-state index contributed by atoms with van der Waals surface area (Å²) in [6.45, 7) is 4.17. The molecular weight excluding hydrogens is 372 g/mol. The van der Waals surface area contributed by atoms with Crippen molar-refractivity contribution in [2.24, 2.45) is 0 Å². The van der Waals surface area contributed by atoms with Gasteiger partial charge < -0.3 is 10.5 Å². The second-order valence-electron chi connectivity index (χ2n) is 5.68. The number of ether oxygens (including phenoxy) is 1. The van der Waals surface area contributed by atoms with Gasteiger partial charge in [-0.05, 0) is 18.2 Å². The summed E-state index contributed by atoms with van der Waals surface area (Å²) in [6, 6.07) is 7.97. The van der Waals surface area contributed by atoms with E-state index in [0.717, 1.165) is 53.9 Å². The highest BCUT2D eigenvalue weighted by Crippen LogP contribution is 2.26. The maximum atomic E-state index is 5.73. The number of nitrogens with zero attached hydrogens (tertiary/aromatic N) is 5. The summed E-state index contributed by atoms with van der Waals surface area (Å²) >= 11 is 3.54. The van der Waals surface area contributed by atoms with Crippen molar-refractivity contribution < 1.29 is 4.74 Å². The number of nitrogen functional groups attached to an aromatic ring is 1. The monoisotopic (exact) mass is 388 g/mol. The fourth-order valence-electron chi connectivity index (χ4n) is 2.90. The van der Waals surface area contributed by atoms with Gasteiger partial charge in [0.15, 0.2) is 5.82 Å². The van der Waals surface area contributed by atoms with Crippen molar-refractivity contribution in [1.29, 1.82) is 0 Å². The van der Waals surface area contributed by atoms with Crippen LogP contribution in [0.1, 0.15) is 5.69 Å². The first kappa shape index (κ1) is 15.5. The highest BCUT2D eigenvalue weighted by Gasteiger charge is 2.17. The summed E-state index contributed by atoms with van der Waals surface area (Å²) < 4.78 is 8.25. The quantitative estimate of drug-likeness (QED) is 0.738. The zero-order valence-electron chi connectivity index (χ0n) is 13.0. The van der Waals surface area contributed by atoms with Crippen molar-refractivity contribution in [3.05, 3.63) is 40.6 Å². The van der Waals surface area contributed by atoms with Crippen molar-refractivity contribution >= 4 is 32.8 Å². The van der Waals surface area contributed by atoms with Crippen LogP contribution in [-0.2, 0) is 11.3 Å². The van der Waals surface area contributed by atoms with Gasteiger partial charge >= 0.3 is 0 Å². The van der Waals surface area contributed by atoms with Crippen molar-refractivity contribution in [3.8, 4) is 5.82 Å². The second-order valence-corrected chi connectivity index (χ2v) is 6.60. The third-order valence-corrected chi connectivity index (χ3v) is 4.57. The molecule has 124 valence electrons. The molecule has 4 rings (SSSR count). The zero-order valence-corrected chi connectivity index (χ0v) is 14.6. The molecular formula is C16H17BrN6O. The molecule has 1 fully saturated rings.